The molecule has 1 aliphatic heterocycles. The molecule has 4 rings (SSSR count). The Kier molecular flexibility index (Phi) is 5.67. The molecule has 0 saturated heterocycles. The number of carbonyl (C=O) groups is 1. The number of fused-ring (bicyclic) bond motifs is 1. The second-order valence-corrected chi connectivity index (χ2v) is 7.47. The fourth-order valence-corrected chi connectivity index (χ4v) is 3.84. The van der Waals surface area contributed by atoms with Crippen molar-refractivity contribution < 1.29 is 19.1 Å². The summed E-state index contributed by atoms with van der Waals surface area (Å²) in [4.78, 5) is 13.4. The van der Waals surface area contributed by atoms with Crippen LogP contribution in [0.25, 0.3) is 0 Å². The second-order valence-electron chi connectivity index (χ2n) is 7.47. The molecule has 150 valence electrons. The number of furan rings is 1. The predicted octanol–water partition coefficient (Wildman–Crippen LogP) is 3.77. The minimum atomic E-state index is -0.458. The Balaban J connectivity index is 1.62. The number of ether oxygens (including phenoxy) is 1. The van der Waals surface area contributed by atoms with Gasteiger partial charge in [-0.1, -0.05) is 48.5 Å². The van der Waals surface area contributed by atoms with Crippen LogP contribution in [0.3, 0.4) is 0 Å². The van der Waals surface area contributed by atoms with Gasteiger partial charge < -0.3 is 19.6 Å². The summed E-state index contributed by atoms with van der Waals surface area (Å²) in [5, 5.41) is 13.0. The van der Waals surface area contributed by atoms with E-state index in [-0.39, 0.29) is 24.5 Å². The van der Waals surface area contributed by atoms with Crippen LogP contribution in [0.2, 0.25) is 0 Å². The Morgan fingerprint density at radius 2 is 1.86 bits per heavy atom. The highest BCUT2D eigenvalue weighted by atomic mass is 16.5. The summed E-state index contributed by atoms with van der Waals surface area (Å²) in [5.74, 6) is 1.38. The maximum atomic E-state index is 13.4. The SMILES string of the molecule is Cc1ccc(C(Cc2ccccc2)C(=O)N[C@H]2c3ccccc3OC[C@H]2CO)o1. The number of para-hydroxylation sites is 1. The predicted molar refractivity (Wildman–Crippen MR) is 110 cm³/mol. The number of aliphatic hydroxyl groups excluding tert-OH is 1. The zero-order chi connectivity index (χ0) is 20.2. The highest BCUT2D eigenvalue weighted by Gasteiger charge is 2.34. The molecule has 29 heavy (non-hydrogen) atoms. The third-order valence-electron chi connectivity index (χ3n) is 5.41. The van der Waals surface area contributed by atoms with E-state index in [9.17, 15) is 9.90 Å². The maximum Gasteiger partial charge on any atom is 0.231 e. The van der Waals surface area contributed by atoms with E-state index in [1.165, 1.54) is 0 Å². The summed E-state index contributed by atoms with van der Waals surface area (Å²) in [6.07, 6.45) is 0.536. The number of amides is 1. The Morgan fingerprint density at radius 1 is 1.10 bits per heavy atom. The highest BCUT2D eigenvalue weighted by Crippen LogP contribution is 2.36. The monoisotopic (exact) mass is 391 g/mol. The van der Waals surface area contributed by atoms with Crippen molar-refractivity contribution in [2.24, 2.45) is 5.92 Å². The Morgan fingerprint density at radius 3 is 2.59 bits per heavy atom. The number of benzene rings is 2. The van der Waals surface area contributed by atoms with Gasteiger partial charge in [0.25, 0.3) is 0 Å². The highest BCUT2D eigenvalue weighted by molar-refractivity contribution is 5.84. The molecule has 1 unspecified atom stereocenters. The van der Waals surface area contributed by atoms with Gasteiger partial charge in [0.2, 0.25) is 5.91 Å². The van der Waals surface area contributed by atoms with Crippen LogP contribution in [0.1, 0.15) is 34.6 Å². The van der Waals surface area contributed by atoms with Crippen molar-refractivity contribution in [1.29, 1.82) is 0 Å². The Bertz CT molecular complexity index is 966. The minimum Gasteiger partial charge on any atom is -0.493 e. The van der Waals surface area contributed by atoms with Crippen LogP contribution in [0, 0.1) is 12.8 Å². The van der Waals surface area contributed by atoms with Crippen molar-refractivity contribution in [3.05, 3.63) is 89.4 Å². The van der Waals surface area contributed by atoms with Crippen molar-refractivity contribution in [2.45, 2.75) is 25.3 Å². The molecule has 0 radical (unpaired) electrons. The summed E-state index contributed by atoms with van der Waals surface area (Å²) >= 11 is 0. The molecular formula is C24H25NO4. The molecule has 5 nitrogen and oxygen atoms in total. The Hall–Kier alpha value is -3.05. The summed E-state index contributed by atoms with van der Waals surface area (Å²) in [6, 6.07) is 21.0. The number of carbonyl (C=O) groups excluding carboxylic acids is 1. The molecule has 1 aromatic heterocycles. The molecular weight excluding hydrogens is 366 g/mol. The van der Waals surface area contributed by atoms with Crippen LogP contribution in [-0.4, -0.2) is 24.2 Å². The van der Waals surface area contributed by atoms with E-state index in [0.717, 1.165) is 22.6 Å². The molecule has 0 spiro atoms. The van der Waals surface area contributed by atoms with Crippen LogP contribution < -0.4 is 10.1 Å². The average Bonchev–Trinajstić information content (AvgIpc) is 3.19. The van der Waals surface area contributed by atoms with E-state index < -0.39 is 5.92 Å². The second kappa shape index (κ2) is 8.53. The zero-order valence-corrected chi connectivity index (χ0v) is 16.4. The molecule has 3 aromatic rings. The summed E-state index contributed by atoms with van der Waals surface area (Å²) in [7, 11) is 0. The lowest BCUT2D eigenvalue weighted by molar-refractivity contribution is -0.124. The van der Waals surface area contributed by atoms with E-state index in [1.807, 2.05) is 73.7 Å². The number of nitrogens with one attached hydrogen (secondary N) is 1. The number of aryl methyl sites for hydroxylation is 1. The van der Waals surface area contributed by atoms with E-state index in [0.29, 0.717) is 18.8 Å². The Labute approximate surface area is 170 Å². The first-order valence-corrected chi connectivity index (χ1v) is 9.89. The first-order valence-electron chi connectivity index (χ1n) is 9.89. The van der Waals surface area contributed by atoms with E-state index >= 15 is 0 Å². The molecule has 2 N–H and O–H groups in total. The molecule has 2 aromatic carbocycles. The van der Waals surface area contributed by atoms with Gasteiger partial charge in [-0.15, -0.1) is 0 Å². The van der Waals surface area contributed by atoms with Crippen LogP contribution >= 0.6 is 0 Å². The van der Waals surface area contributed by atoms with E-state index in [1.54, 1.807) is 0 Å². The zero-order valence-electron chi connectivity index (χ0n) is 16.4. The van der Waals surface area contributed by atoms with Gasteiger partial charge in [-0.05, 0) is 37.1 Å². The average molecular weight is 391 g/mol. The standard InChI is InChI=1S/C24H25NO4/c1-16-11-12-22(29-16)20(13-17-7-3-2-4-8-17)24(27)25-23-18(14-26)15-28-21-10-6-5-9-19(21)23/h2-12,18,20,23,26H,13-15H2,1H3,(H,25,27)/t18-,20?,23-/m1/s1. The summed E-state index contributed by atoms with van der Waals surface area (Å²) in [6.45, 7) is 2.17. The number of rotatable bonds is 6. The number of hydrogen-bond donors (Lipinski definition) is 2. The number of aliphatic hydroxyl groups is 1. The molecule has 1 aliphatic rings. The summed E-state index contributed by atoms with van der Waals surface area (Å²) in [5.41, 5.74) is 1.95. The lowest BCUT2D eigenvalue weighted by Gasteiger charge is -2.34. The van der Waals surface area contributed by atoms with Gasteiger partial charge in [0, 0.05) is 11.5 Å². The van der Waals surface area contributed by atoms with Crippen molar-refractivity contribution >= 4 is 5.91 Å². The topological polar surface area (TPSA) is 71.7 Å². The smallest absolute Gasteiger partial charge is 0.231 e. The normalized spacial score (nSPS) is 19.1. The fourth-order valence-electron chi connectivity index (χ4n) is 3.84. The van der Waals surface area contributed by atoms with Gasteiger partial charge >= 0.3 is 0 Å². The minimum absolute atomic E-state index is 0.0670. The lowest BCUT2D eigenvalue weighted by Crippen LogP contribution is -2.42. The first-order chi connectivity index (χ1) is 14.2. The quantitative estimate of drug-likeness (QED) is 0.671. The molecule has 0 saturated carbocycles. The van der Waals surface area contributed by atoms with Crippen molar-refractivity contribution in [3.8, 4) is 5.75 Å². The van der Waals surface area contributed by atoms with Crippen LogP contribution in [-0.2, 0) is 11.2 Å². The fraction of sp³-hybridized carbons (Fsp3) is 0.292. The van der Waals surface area contributed by atoms with Crippen LogP contribution in [0.5, 0.6) is 5.75 Å². The summed E-state index contributed by atoms with van der Waals surface area (Å²) < 4.78 is 11.6. The molecule has 5 heteroatoms. The molecule has 0 bridgehead atoms. The van der Waals surface area contributed by atoms with Gasteiger partial charge in [0.1, 0.15) is 17.3 Å². The van der Waals surface area contributed by atoms with Gasteiger partial charge in [0.15, 0.2) is 0 Å². The maximum absolute atomic E-state index is 13.4. The van der Waals surface area contributed by atoms with E-state index in [4.69, 9.17) is 9.15 Å². The van der Waals surface area contributed by atoms with Gasteiger partial charge in [-0.25, -0.2) is 0 Å². The van der Waals surface area contributed by atoms with Crippen LogP contribution in [0.4, 0.5) is 0 Å². The first kappa shape index (κ1) is 19.3. The molecule has 2 heterocycles. The van der Waals surface area contributed by atoms with Crippen molar-refractivity contribution in [3.63, 3.8) is 0 Å². The largest absolute Gasteiger partial charge is 0.493 e. The van der Waals surface area contributed by atoms with E-state index in [2.05, 4.69) is 5.32 Å². The van der Waals surface area contributed by atoms with Gasteiger partial charge in [0.05, 0.1) is 25.2 Å². The molecule has 0 fully saturated rings. The molecule has 1 amide bonds. The molecule has 3 atom stereocenters. The van der Waals surface area contributed by atoms with Crippen molar-refractivity contribution in [1.82, 2.24) is 5.32 Å². The van der Waals surface area contributed by atoms with Crippen LogP contribution in [0.15, 0.2) is 71.1 Å². The third-order valence-corrected chi connectivity index (χ3v) is 5.41. The third kappa shape index (κ3) is 4.20. The van der Waals surface area contributed by atoms with Gasteiger partial charge in [-0.2, -0.15) is 0 Å². The van der Waals surface area contributed by atoms with Crippen molar-refractivity contribution in [2.75, 3.05) is 13.2 Å². The van der Waals surface area contributed by atoms with Gasteiger partial charge in [-0.3, -0.25) is 4.79 Å². The number of hydrogen-bond acceptors (Lipinski definition) is 4. The molecule has 0 aliphatic carbocycles. The lowest BCUT2D eigenvalue weighted by atomic mass is 9.89.